The van der Waals surface area contributed by atoms with Crippen LogP contribution in [-0.4, -0.2) is 0 Å². The Balaban J connectivity index is 3.13. The second-order valence-electron chi connectivity index (χ2n) is 1.79. The van der Waals surface area contributed by atoms with Crippen molar-refractivity contribution in [3.8, 4) is 0 Å². The second kappa shape index (κ2) is 2.28. The lowest BCUT2D eigenvalue weighted by Crippen LogP contribution is -1.92. The van der Waals surface area contributed by atoms with Crippen LogP contribution in [0.5, 0.6) is 0 Å². The van der Waals surface area contributed by atoms with Crippen LogP contribution in [0.2, 0.25) is 0 Å². The summed E-state index contributed by atoms with van der Waals surface area (Å²) in [6.07, 6.45) is 0. The molecule has 0 bridgehead atoms. The molecule has 0 fully saturated rings. The maximum absolute atomic E-state index is 4.20. The normalized spacial score (nSPS) is 9.25. The Hall–Kier alpha value is -0.350. The first-order valence-corrected chi connectivity index (χ1v) is 3.00. The quantitative estimate of drug-likeness (QED) is 0.462. The molecular weight excluding hydrogens is 115 g/mol. The molecule has 1 heteroatoms. The van der Waals surface area contributed by atoms with Crippen molar-refractivity contribution in [1.29, 1.82) is 0 Å². The van der Waals surface area contributed by atoms with E-state index in [9.17, 15) is 0 Å². The number of rotatable bonds is 0. The van der Waals surface area contributed by atoms with Gasteiger partial charge in [-0.05, 0) is 27.0 Å². The third-order valence-electron chi connectivity index (χ3n) is 1.12. The van der Waals surface area contributed by atoms with E-state index < -0.39 is 0 Å². The topological polar surface area (TPSA) is 0 Å². The van der Waals surface area contributed by atoms with Crippen LogP contribution in [-0.2, 0) is 0 Å². The molecule has 0 aliphatic carbocycles. The lowest BCUT2D eigenvalue weighted by Gasteiger charge is -1.92. The van der Waals surface area contributed by atoms with Gasteiger partial charge in [0.1, 0.15) is 0 Å². The minimum atomic E-state index is 1.06. The molecule has 0 N–H and O–H groups in total. The zero-order valence-electron chi connectivity index (χ0n) is 4.76. The van der Waals surface area contributed by atoms with E-state index in [0.717, 1.165) is 5.30 Å². The molecule has 0 aliphatic rings. The van der Waals surface area contributed by atoms with Crippen molar-refractivity contribution >= 4 is 14.5 Å². The fraction of sp³-hybridized carbons (Fsp3) is 0.143. The van der Waals surface area contributed by atoms with Crippen molar-refractivity contribution in [2.75, 3.05) is 0 Å². The van der Waals surface area contributed by atoms with Crippen LogP contribution in [0.25, 0.3) is 0 Å². The first-order chi connectivity index (χ1) is 3.80. The molecule has 0 amide bonds. The van der Waals surface area contributed by atoms with Crippen molar-refractivity contribution in [2.24, 2.45) is 0 Å². The first-order valence-electron chi connectivity index (χ1n) is 2.55. The Bertz CT molecular complexity index is 160. The van der Waals surface area contributed by atoms with E-state index in [1.54, 1.807) is 0 Å². The number of aryl methyl sites for hydroxylation is 1. The standard InChI is InChI=1S/C7H7P/c1-6-4-2-3-5-7(6)8/h2-5H,1H3. The highest BCUT2D eigenvalue weighted by molar-refractivity contribution is 7.27. The van der Waals surface area contributed by atoms with E-state index in [1.807, 2.05) is 31.2 Å². The van der Waals surface area contributed by atoms with Crippen LogP contribution in [0.4, 0.5) is 0 Å². The Kier molecular flexibility index (Phi) is 1.65. The van der Waals surface area contributed by atoms with Crippen molar-refractivity contribution in [1.82, 2.24) is 0 Å². The Morgan fingerprint density at radius 1 is 1.25 bits per heavy atom. The average molecular weight is 122 g/mol. The molecule has 1 aromatic rings. The number of hydrogen-bond donors (Lipinski definition) is 0. The van der Waals surface area contributed by atoms with E-state index in [0.29, 0.717) is 0 Å². The summed E-state index contributed by atoms with van der Waals surface area (Å²) in [4.78, 5) is 0. The summed E-state index contributed by atoms with van der Waals surface area (Å²) >= 11 is 0. The highest BCUT2D eigenvalue weighted by Crippen LogP contribution is 1.96. The SMILES string of the molecule is Cc1ccccc1[P]. The maximum Gasteiger partial charge on any atom is -0.00534 e. The van der Waals surface area contributed by atoms with Crippen LogP contribution >= 0.6 is 9.24 Å². The fourth-order valence-electron chi connectivity index (χ4n) is 0.563. The van der Waals surface area contributed by atoms with Crippen molar-refractivity contribution in [2.45, 2.75) is 6.92 Å². The van der Waals surface area contributed by atoms with Crippen molar-refractivity contribution in [3.05, 3.63) is 29.8 Å². The van der Waals surface area contributed by atoms with Gasteiger partial charge in [-0.1, -0.05) is 24.3 Å². The molecule has 40 valence electrons. The lowest BCUT2D eigenvalue weighted by molar-refractivity contribution is 1.52. The van der Waals surface area contributed by atoms with E-state index in [4.69, 9.17) is 0 Å². The largest absolute Gasteiger partial charge is 0.0620 e. The van der Waals surface area contributed by atoms with Gasteiger partial charge in [0.2, 0.25) is 0 Å². The van der Waals surface area contributed by atoms with Crippen LogP contribution < -0.4 is 5.30 Å². The van der Waals surface area contributed by atoms with E-state index in [2.05, 4.69) is 9.24 Å². The summed E-state index contributed by atoms with van der Waals surface area (Å²) in [6, 6.07) is 8.02. The summed E-state index contributed by atoms with van der Waals surface area (Å²) in [5, 5.41) is 1.06. The zero-order chi connectivity index (χ0) is 5.98. The molecule has 0 saturated carbocycles. The Morgan fingerprint density at radius 3 is 2.25 bits per heavy atom. The molecule has 0 aromatic heterocycles. The Morgan fingerprint density at radius 2 is 1.88 bits per heavy atom. The third kappa shape index (κ3) is 1.08. The summed E-state index contributed by atoms with van der Waals surface area (Å²) in [5.41, 5.74) is 1.23. The van der Waals surface area contributed by atoms with Gasteiger partial charge in [0.25, 0.3) is 0 Å². The monoisotopic (exact) mass is 122 g/mol. The fourth-order valence-corrected chi connectivity index (χ4v) is 0.724. The summed E-state index contributed by atoms with van der Waals surface area (Å²) in [7, 11) is 4.20. The number of benzene rings is 1. The molecule has 2 radical (unpaired) electrons. The molecule has 8 heavy (non-hydrogen) atoms. The smallest absolute Gasteiger partial charge is 0.00534 e. The Labute approximate surface area is 52.1 Å². The molecule has 1 aromatic carbocycles. The second-order valence-corrected chi connectivity index (χ2v) is 2.27. The van der Waals surface area contributed by atoms with Gasteiger partial charge < -0.3 is 0 Å². The molecule has 0 unspecified atom stereocenters. The van der Waals surface area contributed by atoms with Crippen molar-refractivity contribution in [3.63, 3.8) is 0 Å². The summed E-state index contributed by atoms with van der Waals surface area (Å²) < 4.78 is 0. The average Bonchev–Trinajstić information content (AvgIpc) is 1.77. The molecular formula is C7H7P. The van der Waals surface area contributed by atoms with Gasteiger partial charge in [-0.25, -0.2) is 0 Å². The van der Waals surface area contributed by atoms with Gasteiger partial charge >= 0.3 is 0 Å². The van der Waals surface area contributed by atoms with Gasteiger partial charge in [0.05, 0.1) is 0 Å². The predicted molar refractivity (Wildman–Crippen MR) is 37.7 cm³/mol. The van der Waals surface area contributed by atoms with Crippen molar-refractivity contribution < 1.29 is 0 Å². The summed E-state index contributed by atoms with van der Waals surface area (Å²) in [6.45, 7) is 2.04. The highest BCUT2D eigenvalue weighted by Gasteiger charge is 1.85. The van der Waals surface area contributed by atoms with Crippen LogP contribution in [0.15, 0.2) is 24.3 Å². The zero-order valence-corrected chi connectivity index (χ0v) is 5.65. The molecule has 1 rings (SSSR count). The molecule has 0 atom stereocenters. The van der Waals surface area contributed by atoms with Gasteiger partial charge in [-0.15, -0.1) is 0 Å². The minimum absolute atomic E-state index is 1.06. The van der Waals surface area contributed by atoms with Crippen LogP contribution in [0, 0.1) is 6.92 Å². The molecule has 0 nitrogen and oxygen atoms in total. The van der Waals surface area contributed by atoms with Crippen LogP contribution in [0.1, 0.15) is 5.56 Å². The van der Waals surface area contributed by atoms with Gasteiger partial charge in [0, 0.05) is 0 Å². The maximum atomic E-state index is 4.20. The van der Waals surface area contributed by atoms with Crippen LogP contribution in [0.3, 0.4) is 0 Å². The molecule has 0 saturated heterocycles. The van der Waals surface area contributed by atoms with Gasteiger partial charge in [-0.3, -0.25) is 0 Å². The lowest BCUT2D eigenvalue weighted by atomic mass is 10.2. The molecule has 0 aliphatic heterocycles. The summed E-state index contributed by atoms with van der Waals surface area (Å²) in [5.74, 6) is 0. The van der Waals surface area contributed by atoms with Gasteiger partial charge in [-0.2, -0.15) is 0 Å². The van der Waals surface area contributed by atoms with E-state index >= 15 is 0 Å². The molecule has 0 spiro atoms. The van der Waals surface area contributed by atoms with Gasteiger partial charge in [0.15, 0.2) is 0 Å². The highest BCUT2D eigenvalue weighted by atomic mass is 31.0. The third-order valence-corrected chi connectivity index (χ3v) is 1.62. The van der Waals surface area contributed by atoms with E-state index in [1.165, 1.54) is 5.56 Å². The van der Waals surface area contributed by atoms with E-state index in [-0.39, 0.29) is 0 Å². The molecule has 0 heterocycles. The predicted octanol–water partition coefficient (Wildman–Crippen LogP) is 2.03. The minimum Gasteiger partial charge on any atom is -0.0620 e. The number of hydrogen-bond acceptors (Lipinski definition) is 0. The first kappa shape index (κ1) is 5.78.